The standard InChI is InChI=1S/C15H23O5P/c1-12(10-13(2)20-21(17,18-3)19-4)11-15(16)14-8-6-5-7-9-14/h5-9,13,15-16H,1,10-11H2,2-4H3/t13-,15-/m0/s1. The van der Waals surface area contributed by atoms with Crippen LogP contribution in [0, 0.1) is 0 Å². The van der Waals surface area contributed by atoms with Crippen LogP contribution in [0.2, 0.25) is 0 Å². The molecule has 118 valence electrons. The van der Waals surface area contributed by atoms with Crippen LogP contribution in [0.1, 0.15) is 31.4 Å². The molecule has 2 atom stereocenters. The Labute approximate surface area is 126 Å². The van der Waals surface area contributed by atoms with Gasteiger partial charge in [0.25, 0.3) is 0 Å². The molecule has 0 radical (unpaired) electrons. The molecule has 0 bridgehead atoms. The maximum Gasteiger partial charge on any atom is 0.474 e. The Morgan fingerprint density at radius 3 is 2.33 bits per heavy atom. The summed E-state index contributed by atoms with van der Waals surface area (Å²) in [6.07, 6.45) is -0.114. The average molecular weight is 314 g/mol. The number of aliphatic hydroxyl groups is 1. The maximum absolute atomic E-state index is 11.8. The number of phosphoric ester groups is 1. The highest BCUT2D eigenvalue weighted by molar-refractivity contribution is 7.48. The topological polar surface area (TPSA) is 65.0 Å². The minimum absolute atomic E-state index is 0.383. The fourth-order valence-corrected chi connectivity index (χ4v) is 2.81. The summed E-state index contributed by atoms with van der Waals surface area (Å²) in [5.41, 5.74) is 1.64. The van der Waals surface area contributed by atoms with Crippen molar-refractivity contribution < 1.29 is 23.2 Å². The van der Waals surface area contributed by atoms with Crippen molar-refractivity contribution in [2.24, 2.45) is 0 Å². The van der Waals surface area contributed by atoms with E-state index in [1.165, 1.54) is 14.2 Å². The molecule has 5 nitrogen and oxygen atoms in total. The van der Waals surface area contributed by atoms with Gasteiger partial charge < -0.3 is 5.11 Å². The van der Waals surface area contributed by atoms with Gasteiger partial charge >= 0.3 is 7.82 Å². The second-order valence-electron chi connectivity index (χ2n) is 4.81. The van der Waals surface area contributed by atoms with E-state index >= 15 is 0 Å². The zero-order valence-corrected chi connectivity index (χ0v) is 13.6. The highest BCUT2D eigenvalue weighted by atomic mass is 31.2. The van der Waals surface area contributed by atoms with Crippen LogP contribution in [0.15, 0.2) is 42.5 Å². The van der Waals surface area contributed by atoms with E-state index in [-0.39, 0.29) is 6.10 Å². The van der Waals surface area contributed by atoms with Crippen LogP contribution in [-0.2, 0) is 18.1 Å². The summed E-state index contributed by atoms with van der Waals surface area (Å²) in [4.78, 5) is 0. The van der Waals surface area contributed by atoms with Gasteiger partial charge in [-0.2, -0.15) is 0 Å². The van der Waals surface area contributed by atoms with Crippen molar-refractivity contribution in [1.29, 1.82) is 0 Å². The number of rotatable bonds is 9. The molecular weight excluding hydrogens is 291 g/mol. The van der Waals surface area contributed by atoms with E-state index in [0.29, 0.717) is 12.8 Å². The summed E-state index contributed by atoms with van der Waals surface area (Å²) in [6, 6.07) is 9.37. The van der Waals surface area contributed by atoms with E-state index in [9.17, 15) is 9.67 Å². The number of hydrogen-bond donors (Lipinski definition) is 1. The number of phosphoric acid groups is 1. The first kappa shape index (κ1) is 18.1. The van der Waals surface area contributed by atoms with Gasteiger partial charge in [0.1, 0.15) is 0 Å². The maximum atomic E-state index is 11.8. The molecule has 0 unspecified atom stereocenters. The van der Waals surface area contributed by atoms with Crippen molar-refractivity contribution in [3.05, 3.63) is 48.0 Å². The fourth-order valence-electron chi connectivity index (χ4n) is 1.97. The molecule has 0 saturated heterocycles. The average Bonchev–Trinajstić information content (AvgIpc) is 2.47. The Morgan fingerprint density at radius 1 is 1.24 bits per heavy atom. The zero-order chi connectivity index (χ0) is 15.9. The van der Waals surface area contributed by atoms with Gasteiger partial charge in [-0.15, -0.1) is 0 Å². The van der Waals surface area contributed by atoms with Gasteiger partial charge in [-0.25, -0.2) is 4.57 Å². The molecule has 0 amide bonds. The molecule has 0 aromatic heterocycles. The van der Waals surface area contributed by atoms with Crippen molar-refractivity contribution in [2.45, 2.75) is 32.0 Å². The van der Waals surface area contributed by atoms with Gasteiger partial charge in [0.15, 0.2) is 0 Å². The van der Waals surface area contributed by atoms with Crippen LogP contribution in [0.25, 0.3) is 0 Å². The summed E-state index contributed by atoms with van der Waals surface area (Å²) < 4.78 is 26.5. The van der Waals surface area contributed by atoms with Gasteiger partial charge in [-0.1, -0.05) is 42.5 Å². The summed E-state index contributed by atoms with van der Waals surface area (Å²) in [5, 5.41) is 10.1. The number of aliphatic hydroxyl groups excluding tert-OH is 1. The lowest BCUT2D eigenvalue weighted by Crippen LogP contribution is -2.10. The van der Waals surface area contributed by atoms with E-state index in [0.717, 1.165) is 11.1 Å². The first-order chi connectivity index (χ1) is 9.90. The van der Waals surface area contributed by atoms with Crippen molar-refractivity contribution in [3.8, 4) is 0 Å². The van der Waals surface area contributed by atoms with Crippen LogP contribution in [0.4, 0.5) is 0 Å². The monoisotopic (exact) mass is 314 g/mol. The summed E-state index contributed by atoms with van der Waals surface area (Å²) in [5.74, 6) is 0. The van der Waals surface area contributed by atoms with E-state index in [1.807, 2.05) is 30.3 Å². The first-order valence-corrected chi connectivity index (χ1v) is 8.16. The molecule has 6 heteroatoms. The van der Waals surface area contributed by atoms with E-state index in [2.05, 4.69) is 6.58 Å². The lowest BCUT2D eigenvalue weighted by atomic mass is 9.99. The number of hydrogen-bond acceptors (Lipinski definition) is 5. The summed E-state index contributed by atoms with van der Waals surface area (Å²) in [6.45, 7) is 5.69. The molecule has 0 heterocycles. The molecule has 1 aromatic rings. The molecule has 1 rings (SSSR count). The normalized spacial score (nSPS) is 14.7. The molecule has 0 aliphatic carbocycles. The Hall–Kier alpha value is -0.970. The molecule has 0 spiro atoms. The fraction of sp³-hybridized carbons (Fsp3) is 0.467. The Bertz CT molecular complexity index is 480. The SMILES string of the molecule is C=C(C[C@H](C)OP(=O)(OC)OC)C[C@H](O)c1ccccc1. The van der Waals surface area contributed by atoms with Gasteiger partial charge in [-0.05, 0) is 25.3 Å². The van der Waals surface area contributed by atoms with Gasteiger partial charge in [0, 0.05) is 14.2 Å². The van der Waals surface area contributed by atoms with Crippen molar-refractivity contribution in [1.82, 2.24) is 0 Å². The van der Waals surface area contributed by atoms with Crippen molar-refractivity contribution in [3.63, 3.8) is 0 Å². The Morgan fingerprint density at radius 2 is 1.81 bits per heavy atom. The molecule has 1 aromatic carbocycles. The third-order valence-corrected chi connectivity index (χ3v) is 4.51. The lowest BCUT2D eigenvalue weighted by Gasteiger charge is -2.20. The third-order valence-electron chi connectivity index (χ3n) is 3.00. The van der Waals surface area contributed by atoms with Crippen LogP contribution in [0.3, 0.4) is 0 Å². The van der Waals surface area contributed by atoms with Gasteiger partial charge in [0.2, 0.25) is 0 Å². The lowest BCUT2D eigenvalue weighted by molar-refractivity contribution is 0.111. The Balaban J connectivity index is 2.48. The Kier molecular flexibility index (Phi) is 7.29. The van der Waals surface area contributed by atoms with Crippen molar-refractivity contribution in [2.75, 3.05) is 14.2 Å². The number of benzene rings is 1. The molecule has 0 aliphatic heterocycles. The second kappa shape index (κ2) is 8.47. The zero-order valence-electron chi connectivity index (χ0n) is 12.7. The highest BCUT2D eigenvalue weighted by Crippen LogP contribution is 2.49. The third kappa shape index (κ3) is 6.12. The van der Waals surface area contributed by atoms with Crippen LogP contribution < -0.4 is 0 Å². The van der Waals surface area contributed by atoms with E-state index in [1.54, 1.807) is 6.92 Å². The van der Waals surface area contributed by atoms with Crippen LogP contribution >= 0.6 is 7.82 Å². The minimum Gasteiger partial charge on any atom is -0.388 e. The molecule has 21 heavy (non-hydrogen) atoms. The second-order valence-corrected chi connectivity index (χ2v) is 6.65. The van der Waals surface area contributed by atoms with E-state index < -0.39 is 13.9 Å². The largest absolute Gasteiger partial charge is 0.474 e. The predicted octanol–water partition coefficient (Wildman–Crippen LogP) is 3.86. The molecular formula is C15H23O5P. The van der Waals surface area contributed by atoms with Crippen LogP contribution in [-0.4, -0.2) is 25.4 Å². The predicted molar refractivity (Wildman–Crippen MR) is 81.9 cm³/mol. The quantitative estimate of drug-likeness (QED) is 0.554. The first-order valence-electron chi connectivity index (χ1n) is 6.69. The molecule has 0 saturated carbocycles. The molecule has 0 fully saturated rings. The highest BCUT2D eigenvalue weighted by Gasteiger charge is 2.26. The molecule has 0 aliphatic rings. The van der Waals surface area contributed by atoms with E-state index in [4.69, 9.17) is 13.6 Å². The summed E-state index contributed by atoms with van der Waals surface area (Å²) in [7, 11) is -0.952. The van der Waals surface area contributed by atoms with Crippen molar-refractivity contribution >= 4 is 7.82 Å². The molecule has 1 N–H and O–H groups in total. The van der Waals surface area contributed by atoms with Gasteiger partial charge in [-0.3, -0.25) is 13.6 Å². The minimum atomic E-state index is -3.49. The smallest absolute Gasteiger partial charge is 0.388 e. The van der Waals surface area contributed by atoms with Gasteiger partial charge in [0.05, 0.1) is 12.2 Å². The summed E-state index contributed by atoms with van der Waals surface area (Å²) >= 11 is 0. The van der Waals surface area contributed by atoms with Crippen LogP contribution in [0.5, 0.6) is 0 Å².